The fourth-order valence-corrected chi connectivity index (χ4v) is 3.21. The average Bonchev–Trinajstić information content (AvgIpc) is 2.45. The zero-order valence-electron chi connectivity index (χ0n) is 10.8. The summed E-state index contributed by atoms with van der Waals surface area (Å²) >= 11 is 12.0. The molecule has 120 valence electrons. The molecule has 8 nitrogen and oxygen atoms in total. The number of nitrogens with zero attached hydrogens (tertiary/aromatic N) is 2. The summed E-state index contributed by atoms with van der Waals surface area (Å²) in [5.74, 6) is -1.90. The number of hydrogen-bond donors (Lipinski definition) is 0. The summed E-state index contributed by atoms with van der Waals surface area (Å²) in [5.41, 5.74) is -1.52. The van der Waals surface area contributed by atoms with Crippen LogP contribution in [0.3, 0.4) is 0 Å². The van der Waals surface area contributed by atoms with E-state index < -0.39 is 32.7 Å². The number of benzene rings is 2. The van der Waals surface area contributed by atoms with E-state index in [1.54, 1.807) is 0 Å². The first kappa shape index (κ1) is 17.1. The first-order valence-corrected chi connectivity index (χ1v) is 7.25. The number of hydrogen-bond acceptors (Lipinski definition) is 7. The van der Waals surface area contributed by atoms with Crippen molar-refractivity contribution in [2.24, 2.45) is 0 Å². The molecule has 11 heteroatoms. The molecule has 0 aliphatic carbocycles. The first-order chi connectivity index (χ1) is 10.7. The van der Waals surface area contributed by atoms with Crippen LogP contribution in [0.2, 0.25) is 10.0 Å². The van der Waals surface area contributed by atoms with Gasteiger partial charge in [0, 0.05) is 32.0 Å². The molecular weight excluding hydrogens is 371 g/mol. The predicted molar refractivity (Wildman–Crippen MR) is 79.2 cm³/mol. The molecular formula is C12H4Cl2N2O6S-2. The maximum absolute atomic E-state index is 12.0. The molecule has 0 amide bonds. The summed E-state index contributed by atoms with van der Waals surface area (Å²) in [5, 5.41) is 45.4. The fraction of sp³-hybridized carbons (Fsp3) is 0. The zero-order chi connectivity index (χ0) is 17.3. The lowest BCUT2D eigenvalue weighted by atomic mass is 10.3. The van der Waals surface area contributed by atoms with Crippen LogP contribution in [0.15, 0.2) is 34.1 Å². The molecule has 0 heterocycles. The Kier molecular flexibility index (Phi) is 4.83. The molecule has 0 bridgehead atoms. The lowest BCUT2D eigenvalue weighted by Gasteiger charge is -2.17. The SMILES string of the molecule is O=[N+]([O-])c1cc(Cl)cc(Sc2cc(Cl)cc([N+](=O)[O-])c2[O-])c1[O-]. The van der Waals surface area contributed by atoms with Gasteiger partial charge in [-0.2, -0.15) is 0 Å². The normalized spacial score (nSPS) is 10.5. The van der Waals surface area contributed by atoms with Crippen LogP contribution in [-0.2, 0) is 0 Å². The van der Waals surface area contributed by atoms with Crippen LogP contribution in [0.5, 0.6) is 11.5 Å². The van der Waals surface area contributed by atoms with Crippen LogP contribution in [-0.4, -0.2) is 9.85 Å². The quantitative estimate of drug-likeness (QED) is 0.592. The lowest BCUT2D eigenvalue weighted by Crippen LogP contribution is -2.02. The highest BCUT2D eigenvalue weighted by Gasteiger charge is 2.17. The minimum Gasteiger partial charge on any atom is -0.867 e. The van der Waals surface area contributed by atoms with Gasteiger partial charge in [-0.05, 0) is 23.6 Å². The molecule has 0 radical (unpaired) electrons. The molecule has 0 unspecified atom stereocenters. The third-order valence-corrected chi connectivity index (χ3v) is 4.10. The van der Waals surface area contributed by atoms with Gasteiger partial charge in [0.25, 0.3) is 11.4 Å². The van der Waals surface area contributed by atoms with Crippen molar-refractivity contribution in [1.82, 2.24) is 0 Å². The summed E-state index contributed by atoms with van der Waals surface area (Å²) in [4.78, 5) is 19.4. The van der Waals surface area contributed by atoms with E-state index >= 15 is 0 Å². The van der Waals surface area contributed by atoms with Crippen LogP contribution >= 0.6 is 35.0 Å². The van der Waals surface area contributed by atoms with E-state index in [1.165, 1.54) is 0 Å². The second kappa shape index (κ2) is 6.49. The highest BCUT2D eigenvalue weighted by Crippen LogP contribution is 2.45. The molecule has 2 aromatic carbocycles. The summed E-state index contributed by atoms with van der Waals surface area (Å²) in [6.07, 6.45) is 0. The maximum Gasteiger partial charge on any atom is 0.264 e. The van der Waals surface area contributed by atoms with Crippen molar-refractivity contribution in [2.45, 2.75) is 9.79 Å². The van der Waals surface area contributed by atoms with Crippen molar-refractivity contribution in [1.29, 1.82) is 0 Å². The second-order valence-electron chi connectivity index (χ2n) is 4.12. The molecule has 2 rings (SSSR count). The van der Waals surface area contributed by atoms with Gasteiger partial charge >= 0.3 is 0 Å². The minimum atomic E-state index is -0.952. The molecule has 0 saturated carbocycles. The molecule has 0 aliphatic rings. The monoisotopic (exact) mass is 374 g/mol. The van der Waals surface area contributed by atoms with E-state index in [9.17, 15) is 30.4 Å². The van der Waals surface area contributed by atoms with E-state index in [4.69, 9.17) is 23.2 Å². The van der Waals surface area contributed by atoms with Crippen LogP contribution in [0.4, 0.5) is 11.4 Å². The Balaban J connectivity index is 2.56. The van der Waals surface area contributed by atoms with Crippen LogP contribution in [0.1, 0.15) is 0 Å². The van der Waals surface area contributed by atoms with E-state index in [1.807, 2.05) is 0 Å². The number of nitro benzene ring substituents is 2. The van der Waals surface area contributed by atoms with Crippen LogP contribution < -0.4 is 10.2 Å². The standard InChI is InChI=1S/C12H6Cl2N2O6S/c13-5-1-7(15(19)20)11(17)9(3-5)23-10-4-6(14)2-8(12(10)18)16(21)22/h1-4,17-18H/p-2. The summed E-state index contributed by atoms with van der Waals surface area (Å²) < 4.78 is 0. The van der Waals surface area contributed by atoms with E-state index in [0.717, 1.165) is 24.3 Å². The Morgan fingerprint density at radius 3 is 1.43 bits per heavy atom. The van der Waals surface area contributed by atoms with Gasteiger partial charge in [0.15, 0.2) is 0 Å². The molecule has 0 N–H and O–H groups in total. The Morgan fingerprint density at radius 1 is 0.783 bits per heavy atom. The van der Waals surface area contributed by atoms with Crippen LogP contribution in [0.25, 0.3) is 0 Å². The molecule has 0 aliphatic heterocycles. The smallest absolute Gasteiger partial charge is 0.264 e. The minimum absolute atomic E-state index is 0.0808. The Morgan fingerprint density at radius 2 is 1.13 bits per heavy atom. The van der Waals surface area contributed by atoms with Gasteiger partial charge in [-0.1, -0.05) is 35.0 Å². The van der Waals surface area contributed by atoms with Crippen molar-refractivity contribution in [3.05, 3.63) is 54.5 Å². The van der Waals surface area contributed by atoms with Crippen molar-refractivity contribution in [2.75, 3.05) is 0 Å². The number of halogens is 2. The van der Waals surface area contributed by atoms with Crippen molar-refractivity contribution in [3.8, 4) is 11.5 Å². The van der Waals surface area contributed by atoms with Gasteiger partial charge in [-0.15, -0.1) is 0 Å². The molecule has 0 saturated heterocycles. The Hall–Kier alpha value is -2.23. The Labute approximate surface area is 142 Å². The molecule has 0 aromatic heterocycles. The molecule has 0 spiro atoms. The molecule has 0 atom stereocenters. The second-order valence-corrected chi connectivity index (χ2v) is 6.08. The molecule has 23 heavy (non-hydrogen) atoms. The van der Waals surface area contributed by atoms with E-state index in [-0.39, 0.29) is 19.8 Å². The Bertz CT molecular complexity index is 762. The average molecular weight is 375 g/mol. The molecule has 2 aromatic rings. The number of nitro groups is 2. The summed E-state index contributed by atoms with van der Waals surface area (Å²) in [7, 11) is 0. The predicted octanol–water partition coefficient (Wildman–Crippen LogP) is 3.11. The van der Waals surface area contributed by atoms with Crippen molar-refractivity contribution >= 4 is 46.3 Å². The topological polar surface area (TPSA) is 132 Å². The third-order valence-electron chi connectivity index (χ3n) is 2.61. The van der Waals surface area contributed by atoms with E-state index in [2.05, 4.69) is 0 Å². The van der Waals surface area contributed by atoms with E-state index in [0.29, 0.717) is 11.8 Å². The van der Waals surface area contributed by atoms with Gasteiger partial charge in [-0.25, -0.2) is 0 Å². The highest BCUT2D eigenvalue weighted by molar-refractivity contribution is 7.99. The summed E-state index contributed by atoms with van der Waals surface area (Å²) in [6, 6.07) is 4.03. The summed E-state index contributed by atoms with van der Waals surface area (Å²) in [6.45, 7) is 0. The van der Waals surface area contributed by atoms with Gasteiger partial charge in [0.1, 0.15) is 0 Å². The van der Waals surface area contributed by atoms with Crippen molar-refractivity contribution in [3.63, 3.8) is 0 Å². The maximum atomic E-state index is 12.0. The van der Waals surface area contributed by atoms with Gasteiger partial charge in [0.2, 0.25) is 0 Å². The fourth-order valence-electron chi connectivity index (χ4n) is 1.65. The number of rotatable bonds is 4. The first-order valence-electron chi connectivity index (χ1n) is 5.68. The van der Waals surface area contributed by atoms with Gasteiger partial charge < -0.3 is 10.2 Å². The lowest BCUT2D eigenvalue weighted by molar-refractivity contribution is -0.399. The van der Waals surface area contributed by atoms with Gasteiger partial charge in [0.05, 0.1) is 9.85 Å². The highest BCUT2D eigenvalue weighted by atomic mass is 35.5. The van der Waals surface area contributed by atoms with Crippen molar-refractivity contribution < 1.29 is 20.1 Å². The van der Waals surface area contributed by atoms with Crippen LogP contribution in [0, 0.1) is 20.2 Å². The van der Waals surface area contributed by atoms with Gasteiger partial charge in [-0.3, -0.25) is 20.2 Å². The molecule has 0 fully saturated rings. The largest absolute Gasteiger partial charge is 0.867 e. The third kappa shape index (κ3) is 3.58. The zero-order valence-corrected chi connectivity index (χ0v) is 13.1.